The zero-order valence-corrected chi connectivity index (χ0v) is 15.5. The molecule has 1 fully saturated rings. The van der Waals surface area contributed by atoms with Gasteiger partial charge in [0, 0.05) is 19.5 Å². The molecular weight excluding hydrogens is 326 g/mol. The second-order valence-electron chi connectivity index (χ2n) is 7.08. The molecule has 0 spiro atoms. The van der Waals surface area contributed by atoms with Crippen LogP contribution in [0, 0.1) is 5.41 Å². The van der Waals surface area contributed by atoms with Crippen molar-refractivity contribution in [1.82, 2.24) is 20.1 Å². The normalized spacial score (nSPS) is 15.8. The number of nitrogens with one attached hydrogen (secondary N) is 2. The van der Waals surface area contributed by atoms with E-state index in [0.717, 1.165) is 17.0 Å². The van der Waals surface area contributed by atoms with Crippen LogP contribution in [0.5, 0.6) is 5.75 Å². The molecule has 3 rings (SSSR count). The van der Waals surface area contributed by atoms with E-state index < -0.39 is 0 Å². The maximum absolute atomic E-state index is 9.36. The fraction of sp³-hybridized carbons (Fsp3) is 0.450. The molecule has 0 unspecified atom stereocenters. The van der Waals surface area contributed by atoms with E-state index in [9.17, 15) is 5.11 Å². The SMILES string of the molecule is C/C(=C/C(=N)N(C)C1CCCCC1)c1nnc(Cc2ccc(O)cc2)[nH]1. The van der Waals surface area contributed by atoms with Gasteiger partial charge in [0.1, 0.15) is 17.4 Å². The Labute approximate surface area is 154 Å². The summed E-state index contributed by atoms with van der Waals surface area (Å²) in [6.45, 7) is 1.95. The first-order chi connectivity index (χ1) is 12.5. The van der Waals surface area contributed by atoms with Crippen LogP contribution in [0.1, 0.15) is 56.2 Å². The number of hydrogen-bond donors (Lipinski definition) is 3. The Morgan fingerprint density at radius 1 is 1.23 bits per heavy atom. The summed E-state index contributed by atoms with van der Waals surface area (Å²) < 4.78 is 0. The predicted molar refractivity (Wildman–Crippen MR) is 103 cm³/mol. The van der Waals surface area contributed by atoms with Crippen molar-refractivity contribution in [2.75, 3.05) is 7.05 Å². The van der Waals surface area contributed by atoms with Crippen LogP contribution in [-0.4, -0.2) is 44.1 Å². The van der Waals surface area contributed by atoms with E-state index in [1.807, 2.05) is 32.2 Å². The topological polar surface area (TPSA) is 88.9 Å². The van der Waals surface area contributed by atoms with E-state index in [1.165, 1.54) is 32.1 Å². The highest BCUT2D eigenvalue weighted by Gasteiger charge is 2.19. The number of likely N-dealkylation sites (N-methyl/N-ethyl adjacent to an activating group) is 1. The molecular formula is C20H27N5O. The second kappa shape index (κ2) is 8.17. The molecule has 6 heteroatoms. The molecule has 3 N–H and O–H groups in total. The Kier molecular flexibility index (Phi) is 5.71. The Balaban J connectivity index is 1.64. The highest BCUT2D eigenvalue weighted by Crippen LogP contribution is 2.22. The second-order valence-corrected chi connectivity index (χ2v) is 7.08. The van der Waals surface area contributed by atoms with Crippen molar-refractivity contribution < 1.29 is 5.11 Å². The minimum Gasteiger partial charge on any atom is -0.508 e. The van der Waals surface area contributed by atoms with Crippen LogP contribution in [0.4, 0.5) is 0 Å². The summed E-state index contributed by atoms with van der Waals surface area (Å²) in [5.74, 6) is 2.24. The highest BCUT2D eigenvalue weighted by atomic mass is 16.3. The number of benzene rings is 1. The van der Waals surface area contributed by atoms with Gasteiger partial charge in [-0.05, 0) is 49.1 Å². The van der Waals surface area contributed by atoms with Gasteiger partial charge >= 0.3 is 0 Å². The van der Waals surface area contributed by atoms with Crippen molar-refractivity contribution in [3.63, 3.8) is 0 Å². The van der Waals surface area contributed by atoms with Gasteiger partial charge in [-0.2, -0.15) is 0 Å². The minimum absolute atomic E-state index is 0.256. The summed E-state index contributed by atoms with van der Waals surface area (Å²) >= 11 is 0. The van der Waals surface area contributed by atoms with Crippen molar-refractivity contribution in [1.29, 1.82) is 5.41 Å². The smallest absolute Gasteiger partial charge is 0.157 e. The van der Waals surface area contributed by atoms with E-state index in [-0.39, 0.29) is 5.75 Å². The lowest BCUT2D eigenvalue weighted by Gasteiger charge is -2.32. The largest absolute Gasteiger partial charge is 0.508 e. The molecule has 0 radical (unpaired) electrons. The van der Waals surface area contributed by atoms with Gasteiger partial charge in [0.25, 0.3) is 0 Å². The lowest BCUT2D eigenvalue weighted by Crippen LogP contribution is -2.37. The number of aromatic hydroxyl groups is 1. The van der Waals surface area contributed by atoms with Crippen LogP contribution in [0.25, 0.3) is 5.57 Å². The molecule has 1 aliphatic carbocycles. The fourth-order valence-electron chi connectivity index (χ4n) is 3.40. The molecule has 6 nitrogen and oxygen atoms in total. The first kappa shape index (κ1) is 18.2. The third kappa shape index (κ3) is 4.50. The van der Waals surface area contributed by atoms with Gasteiger partial charge in [-0.15, -0.1) is 10.2 Å². The molecule has 0 atom stereocenters. The van der Waals surface area contributed by atoms with E-state index in [4.69, 9.17) is 5.41 Å². The molecule has 0 amide bonds. The number of aromatic amines is 1. The maximum Gasteiger partial charge on any atom is 0.157 e. The predicted octanol–water partition coefficient (Wildman–Crippen LogP) is 3.75. The van der Waals surface area contributed by atoms with Gasteiger partial charge in [-0.1, -0.05) is 31.4 Å². The van der Waals surface area contributed by atoms with Crippen molar-refractivity contribution in [3.8, 4) is 5.75 Å². The van der Waals surface area contributed by atoms with Crippen molar-refractivity contribution >= 4 is 11.4 Å². The lowest BCUT2D eigenvalue weighted by molar-refractivity contribution is 0.278. The number of allylic oxidation sites excluding steroid dienone is 1. The molecule has 1 saturated carbocycles. The van der Waals surface area contributed by atoms with Crippen molar-refractivity contribution in [3.05, 3.63) is 47.6 Å². The summed E-state index contributed by atoms with van der Waals surface area (Å²) in [5, 5.41) is 26.2. The van der Waals surface area contributed by atoms with Gasteiger partial charge in [0.2, 0.25) is 0 Å². The average Bonchev–Trinajstić information content (AvgIpc) is 3.12. The highest BCUT2D eigenvalue weighted by molar-refractivity contribution is 5.96. The number of H-pyrrole nitrogens is 1. The molecule has 1 aromatic carbocycles. The van der Waals surface area contributed by atoms with Crippen LogP contribution < -0.4 is 0 Å². The third-order valence-corrected chi connectivity index (χ3v) is 5.07. The first-order valence-electron chi connectivity index (χ1n) is 9.22. The quantitative estimate of drug-likeness (QED) is 0.564. The molecule has 0 saturated heterocycles. The molecule has 2 aromatic rings. The standard InChI is InChI=1S/C20H27N5O/c1-14(12-18(21)25(2)16-6-4-3-5-7-16)20-22-19(23-24-20)13-15-8-10-17(26)11-9-15/h8-12,16,21,26H,3-7,13H2,1-2H3,(H,22,23,24)/b14-12-,21-18?. The Bertz CT molecular complexity index is 772. The third-order valence-electron chi connectivity index (χ3n) is 5.07. The number of rotatable bonds is 5. The van der Waals surface area contributed by atoms with E-state index in [0.29, 0.717) is 24.1 Å². The van der Waals surface area contributed by atoms with E-state index in [1.54, 1.807) is 12.1 Å². The average molecular weight is 353 g/mol. The zero-order chi connectivity index (χ0) is 18.5. The number of aromatic nitrogens is 3. The van der Waals surface area contributed by atoms with Crippen LogP contribution in [0.2, 0.25) is 0 Å². The van der Waals surface area contributed by atoms with E-state index in [2.05, 4.69) is 20.1 Å². The molecule has 0 aliphatic heterocycles. The lowest BCUT2D eigenvalue weighted by atomic mass is 9.94. The van der Waals surface area contributed by atoms with Gasteiger partial charge in [-0.3, -0.25) is 5.41 Å². The van der Waals surface area contributed by atoms with Gasteiger partial charge < -0.3 is 15.0 Å². The number of phenolic OH excluding ortho intramolecular Hbond substituents is 1. The molecule has 26 heavy (non-hydrogen) atoms. The molecule has 0 bridgehead atoms. The van der Waals surface area contributed by atoms with Crippen LogP contribution in [-0.2, 0) is 6.42 Å². The Hall–Kier alpha value is -2.63. The summed E-state index contributed by atoms with van der Waals surface area (Å²) in [7, 11) is 2.01. The maximum atomic E-state index is 9.36. The summed E-state index contributed by atoms with van der Waals surface area (Å²) in [4.78, 5) is 5.31. The zero-order valence-electron chi connectivity index (χ0n) is 15.5. The number of phenols is 1. The Morgan fingerprint density at radius 2 is 1.92 bits per heavy atom. The van der Waals surface area contributed by atoms with E-state index >= 15 is 0 Å². The van der Waals surface area contributed by atoms with Crippen LogP contribution >= 0.6 is 0 Å². The van der Waals surface area contributed by atoms with Crippen LogP contribution in [0.3, 0.4) is 0 Å². The number of hydrogen-bond acceptors (Lipinski definition) is 4. The number of nitrogens with zero attached hydrogens (tertiary/aromatic N) is 3. The first-order valence-corrected chi connectivity index (χ1v) is 9.22. The number of amidine groups is 1. The van der Waals surface area contributed by atoms with Crippen LogP contribution in [0.15, 0.2) is 30.3 Å². The summed E-state index contributed by atoms with van der Waals surface area (Å²) in [5.41, 5.74) is 1.96. The molecule has 1 heterocycles. The molecule has 1 aliphatic rings. The molecule has 138 valence electrons. The summed E-state index contributed by atoms with van der Waals surface area (Å²) in [6.07, 6.45) is 8.66. The van der Waals surface area contributed by atoms with Gasteiger partial charge in [-0.25, -0.2) is 0 Å². The summed E-state index contributed by atoms with van der Waals surface area (Å²) in [6, 6.07) is 7.55. The minimum atomic E-state index is 0.256. The Morgan fingerprint density at radius 3 is 2.62 bits per heavy atom. The van der Waals surface area contributed by atoms with Gasteiger partial charge in [0.15, 0.2) is 5.82 Å². The monoisotopic (exact) mass is 353 g/mol. The molecule has 1 aromatic heterocycles. The van der Waals surface area contributed by atoms with Crippen molar-refractivity contribution in [2.24, 2.45) is 0 Å². The van der Waals surface area contributed by atoms with Gasteiger partial charge in [0.05, 0.1) is 0 Å². The van der Waals surface area contributed by atoms with Crippen molar-refractivity contribution in [2.45, 2.75) is 51.5 Å². The fourth-order valence-corrected chi connectivity index (χ4v) is 3.40.